The molecule has 0 aliphatic carbocycles. The topological polar surface area (TPSA) is 30.5 Å². The Hall–Kier alpha value is -1.00. The van der Waals surface area contributed by atoms with Crippen LogP contribution in [0.1, 0.15) is 19.4 Å². The average molecular weight is 314 g/mol. The zero-order valence-electron chi connectivity index (χ0n) is 11.1. The largest absolute Gasteiger partial charge is 0.493 e. The van der Waals surface area contributed by atoms with Crippen LogP contribution in [0.15, 0.2) is 29.3 Å². The van der Waals surface area contributed by atoms with E-state index in [1.807, 2.05) is 12.1 Å². The van der Waals surface area contributed by atoms with E-state index in [4.69, 9.17) is 9.47 Å². The van der Waals surface area contributed by atoms with Gasteiger partial charge in [-0.2, -0.15) is 0 Å². The molecule has 0 aliphatic rings. The third-order valence-corrected chi connectivity index (χ3v) is 2.94. The van der Waals surface area contributed by atoms with Crippen LogP contribution >= 0.6 is 15.9 Å². The molecule has 0 saturated carbocycles. The van der Waals surface area contributed by atoms with Gasteiger partial charge in [-0.25, -0.2) is 0 Å². The lowest BCUT2D eigenvalue weighted by molar-refractivity contribution is 0.324. The number of benzene rings is 1. The number of hydrogen-bond acceptors (Lipinski definition) is 3. The Kier molecular flexibility index (Phi) is 6.22. The molecule has 0 amide bonds. The molecular formula is C14H20BrNO2. The van der Waals surface area contributed by atoms with Crippen LogP contribution < -0.4 is 14.8 Å². The normalized spacial score (nSPS) is 10.5. The highest BCUT2D eigenvalue weighted by atomic mass is 79.9. The van der Waals surface area contributed by atoms with E-state index in [1.165, 1.54) is 0 Å². The maximum absolute atomic E-state index is 5.58. The molecule has 1 rings (SSSR count). The van der Waals surface area contributed by atoms with Crippen molar-refractivity contribution in [2.75, 3.05) is 13.7 Å². The van der Waals surface area contributed by atoms with Crippen molar-refractivity contribution in [2.45, 2.75) is 26.4 Å². The zero-order chi connectivity index (χ0) is 13.5. The highest BCUT2D eigenvalue weighted by molar-refractivity contribution is 9.10. The van der Waals surface area contributed by atoms with Crippen LogP contribution in [0.4, 0.5) is 0 Å². The van der Waals surface area contributed by atoms with Gasteiger partial charge in [-0.3, -0.25) is 0 Å². The molecule has 0 unspecified atom stereocenters. The molecule has 1 N–H and O–H groups in total. The van der Waals surface area contributed by atoms with Crippen LogP contribution in [0.5, 0.6) is 11.5 Å². The van der Waals surface area contributed by atoms with Gasteiger partial charge in [0.2, 0.25) is 0 Å². The van der Waals surface area contributed by atoms with Gasteiger partial charge >= 0.3 is 0 Å². The summed E-state index contributed by atoms with van der Waals surface area (Å²) in [6, 6.07) is 4.47. The number of methoxy groups -OCH3 is 1. The molecule has 0 heterocycles. The Labute approximate surface area is 117 Å². The quantitative estimate of drug-likeness (QED) is 0.781. The predicted molar refractivity (Wildman–Crippen MR) is 78.4 cm³/mol. The van der Waals surface area contributed by atoms with Crippen molar-refractivity contribution in [3.05, 3.63) is 34.8 Å². The smallest absolute Gasteiger partial charge is 0.175 e. The van der Waals surface area contributed by atoms with Crippen LogP contribution in [0, 0.1) is 0 Å². The second-order valence-corrected chi connectivity index (χ2v) is 5.10. The van der Waals surface area contributed by atoms with E-state index in [9.17, 15) is 0 Å². The first kappa shape index (κ1) is 15.1. The van der Waals surface area contributed by atoms with Crippen LogP contribution in [0.3, 0.4) is 0 Å². The summed E-state index contributed by atoms with van der Waals surface area (Å²) in [7, 11) is 1.64. The standard InChI is InChI=1S/C14H20BrNO2/c1-5-6-18-14-12(15)7-11(8-13(14)17-4)9-16-10(2)3/h5,7-8,10,16H,1,6,9H2,2-4H3. The molecule has 3 nitrogen and oxygen atoms in total. The molecule has 100 valence electrons. The van der Waals surface area contributed by atoms with Crippen molar-refractivity contribution >= 4 is 15.9 Å². The minimum absolute atomic E-state index is 0.450. The third-order valence-electron chi connectivity index (χ3n) is 2.35. The van der Waals surface area contributed by atoms with Crippen molar-refractivity contribution in [3.8, 4) is 11.5 Å². The first-order chi connectivity index (χ1) is 8.58. The lowest BCUT2D eigenvalue weighted by Crippen LogP contribution is -2.21. The van der Waals surface area contributed by atoms with Crippen molar-refractivity contribution in [3.63, 3.8) is 0 Å². The van der Waals surface area contributed by atoms with E-state index in [0.29, 0.717) is 18.4 Å². The molecule has 0 fully saturated rings. The Morgan fingerprint density at radius 2 is 2.17 bits per heavy atom. The fourth-order valence-corrected chi connectivity index (χ4v) is 2.08. The van der Waals surface area contributed by atoms with E-state index in [0.717, 1.165) is 22.3 Å². The van der Waals surface area contributed by atoms with Crippen molar-refractivity contribution < 1.29 is 9.47 Å². The average Bonchev–Trinajstić information content (AvgIpc) is 2.34. The lowest BCUT2D eigenvalue weighted by atomic mass is 10.2. The summed E-state index contributed by atoms with van der Waals surface area (Å²) < 4.78 is 11.8. The molecule has 1 aromatic carbocycles. The Bertz CT molecular complexity index is 405. The van der Waals surface area contributed by atoms with Gasteiger partial charge in [0.1, 0.15) is 6.61 Å². The summed E-state index contributed by atoms with van der Waals surface area (Å²) in [6.07, 6.45) is 1.71. The molecule has 0 bridgehead atoms. The number of rotatable bonds is 7. The molecule has 0 saturated heterocycles. The highest BCUT2D eigenvalue weighted by Crippen LogP contribution is 2.36. The van der Waals surface area contributed by atoms with E-state index in [1.54, 1.807) is 13.2 Å². The zero-order valence-corrected chi connectivity index (χ0v) is 12.7. The van der Waals surface area contributed by atoms with Gasteiger partial charge in [-0.1, -0.05) is 26.5 Å². The van der Waals surface area contributed by atoms with Crippen molar-refractivity contribution in [2.24, 2.45) is 0 Å². The second-order valence-electron chi connectivity index (χ2n) is 4.24. The first-order valence-electron chi connectivity index (χ1n) is 5.92. The first-order valence-corrected chi connectivity index (χ1v) is 6.71. The molecule has 0 aromatic heterocycles. The van der Waals surface area contributed by atoms with Gasteiger partial charge in [0, 0.05) is 12.6 Å². The third kappa shape index (κ3) is 4.35. The summed E-state index contributed by atoms with van der Waals surface area (Å²) in [5, 5.41) is 3.37. The number of hydrogen-bond donors (Lipinski definition) is 1. The van der Waals surface area contributed by atoms with Crippen LogP contribution in [-0.2, 0) is 6.54 Å². The molecule has 1 aromatic rings. The SMILES string of the molecule is C=CCOc1c(Br)cc(CNC(C)C)cc1OC. The maximum atomic E-state index is 5.58. The summed E-state index contributed by atoms with van der Waals surface area (Å²) in [4.78, 5) is 0. The summed E-state index contributed by atoms with van der Waals surface area (Å²) in [6.45, 7) is 9.13. The minimum atomic E-state index is 0.450. The summed E-state index contributed by atoms with van der Waals surface area (Å²) in [5.41, 5.74) is 1.15. The molecule has 18 heavy (non-hydrogen) atoms. The maximum Gasteiger partial charge on any atom is 0.175 e. The molecule has 0 atom stereocenters. The van der Waals surface area contributed by atoms with Crippen LogP contribution in [-0.4, -0.2) is 19.8 Å². The van der Waals surface area contributed by atoms with Gasteiger partial charge in [0.15, 0.2) is 11.5 Å². The van der Waals surface area contributed by atoms with E-state index < -0.39 is 0 Å². The Morgan fingerprint density at radius 3 is 2.72 bits per heavy atom. The minimum Gasteiger partial charge on any atom is -0.493 e. The Morgan fingerprint density at radius 1 is 1.44 bits per heavy atom. The van der Waals surface area contributed by atoms with Crippen molar-refractivity contribution in [1.82, 2.24) is 5.32 Å². The van der Waals surface area contributed by atoms with E-state index in [-0.39, 0.29) is 0 Å². The molecule has 0 radical (unpaired) electrons. The fourth-order valence-electron chi connectivity index (χ4n) is 1.48. The highest BCUT2D eigenvalue weighted by Gasteiger charge is 2.11. The Balaban J connectivity index is 2.91. The fraction of sp³-hybridized carbons (Fsp3) is 0.429. The van der Waals surface area contributed by atoms with E-state index in [2.05, 4.69) is 41.7 Å². The summed E-state index contributed by atoms with van der Waals surface area (Å²) in [5.74, 6) is 1.44. The second kappa shape index (κ2) is 7.44. The van der Waals surface area contributed by atoms with Gasteiger partial charge < -0.3 is 14.8 Å². The van der Waals surface area contributed by atoms with Gasteiger partial charge in [0.05, 0.1) is 11.6 Å². The van der Waals surface area contributed by atoms with Gasteiger partial charge in [-0.05, 0) is 33.6 Å². The molecule has 0 aliphatic heterocycles. The number of nitrogens with one attached hydrogen (secondary N) is 1. The van der Waals surface area contributed by atoms with Crippen LogP contribution in [0.25, 0.3) is 0 Å². The van der Waals surface area contributed by atoms with Gasteiger partial charge in [0.25, 0.3) is 0 Å². The predicted octanol–water partition coefficient (Wildman–Crippen LogP) is 3.52. The monoisotopic (exact) mass is 313 g/mol. The molecule has 4 heteroatoms. The van der Waals surface area contributed by atoms with E-state index >= 15 is 0 Å². The number of ether oxygens (including phenoxy) is 2. The van der Waals surface area contributed by atoms with Crippen molar-refractivity contribution in [1.29, 1.82) is 0 Å². The lowest BCUT2D eigenvalue weighted by Gasteiger charge is -2.14. The molecular weight excluding hydrogens is 294 g/mol. The van der Waals surface area contributed by atoms with Gasteiger partial charge in [-0.15, -0.1) is 0 Å². The number of halogens is 1. The molecule has 0 spiro atoms. The summed E-state index contributed by atoms with van der Waals surface area (Å²) >= 11 is 3.51. The van der Waals surface area contributed by atoms with Crippen LogP contribution in [0.2, 0.25) is 0 Å².